The minimum atomic E-state index is 0.100. The Bertz CT molecular complexity index is 191. The molecule has 17 heavy (non-hydrogen) atoms. The molecule has 0 bridgehead atoms. The van der Waals surface area contributed by atoms with Crippen LogP contribution in [0.1, 0.15) is 51.9 Å². The number of unbranched alkanes of at least 4 members (excludes halogenated alkanes) is 1. The van der Waals surface area contributed by atoms with Gasteiger partial charge in [0.15, 0.2) is 0 Å². The fourth-order valence-electron chi connectivity index (χ4n) is 3.06. The van der Waals surface area contributed by atoms with Crippen molar-refractivity contribution in [3.63, 3.8) is 0 Å². The summed E-state index contributed by atoms with van der Waals surface area (Å²) in [6.45, 7) is 4.08. The molecule has 0 aromatic heterocycles. The van der Waals surface area contributed by atoms with Crippen molar-refractivity contribution >= 4 is 0 Å². The first-order valence-corrected chi connectivity index (χ1v) is 7.06. The molecular formula is C14H29NO2. The summed E-state index contributed by atoms with van der Waals surface area (Å²) in [6.07, 6.45) is 8.62. The maximum absolute atomic E-state index is 5.88. The first-order chi connectivity index (χ1) is 8.29. The van der Waals surface area contributed by atoms with Crippen molar-refractivity contribution in [2.75, 3.05) is 27.4 Å². The van der Waals surface area contributed by atoms with Crippen LogP contribution in [0.25, 0.3) is 0 Å². The monoisotopic (exact) mass is 243 g/mol. The lowest BCUT2D eigenvalue weighted by Gasteiger charge is -2.37. The molecule has 0 radical (unpaired) electrons. The second-order valence-corrected chi connectivity index (χ2v) is 5.07. The zero-order chi connectivity index (χ0) is 12.6. The van der Waals surface area contributed by atoms with Gasteiger partial charge in [0.1, 0.15) is 0 Å². The van der Waals surface area contributed by atoms with Crippen LogP contribution in [-0.4, -0.2) is 39.0 Å². The molecule has 1 aliphatic rings. The third-order valence-electron chi connectivity index (χ3n) is 4.03. The molecule has 3 heteroatoms. The summed E-state index contributed by atoms with van der Waals surface area (Å²) in [5.74, 6) is 0. The Kier molecular flexibility index (Phi) is 7.09. The lowest BCUT2D eigenvalue weighted by molar-refractivity contribution is -0.0382. The number of hydrogen-bond acceptors (Lipinski definition) is 3. The number of hydrogen-bond donors (Lipinski definition) is 1. The van der Waals surface area contributed by atoms with Crippen LogP contribution >= 0.6 is 0 Å². The summed E-state index contributed by atoms with van der Waals surface area (Å²) in [7, 11) is 3.65. The number of likely N-dealkylation sites (N-methyl/N-ethyl adjacent to an activating group) is 1. The standard InChI is InChI=1S/C14H29NO2/c1-4-15-13(9-5-8-12-16-2)14(17-3)10-6-7-11-14/h13,15H,4-12H2,1-3H3. The van der Waals surface area contributed by atoms with E-state index in [2.05, 4.69) is 12.2 Å². The predicted octanol–water partition coefficient (Wildman–Crippen LogP) is 2.74. The molecular weight excluding hydrogens is 214 g/mol. The molecule has 0 spiro atoms. The van der Waals surface area contributed by atoms with E-state index < -0.39 is 0 Å². The highest BCUT2D eigenvalue weighted by molar-refractivity contribution is 4.96. The van der Waals surface area contributed by atoms with Crippen molar-refractivity contribution in [1.29, 1.82) is 0 Å². The van der Waals surface area contributed by atoms with Crippen LogP contribution in [0.4, 0.5) is 0 Å². The molecule has 1 fully saturated rings. The third kappa shape index (κ3) is 4.23. The van der Waals surface area contributed by atoms with Crippen molar-refractivity contribution in [3.05, 3.63) is 0 Å². The average Bonchev–Trinajstić information content (AvgIpc) is 2.83. The van der Waals surface area contributed by atoms with Gasteiger partial charge in [-0.1, -0.05) is 19.8 Å². The van der Waals surface area contributed by atoms with Crippen molar-refractivity contribution in [1.82, 2.24) is 5.32 Å². The van der Waals surface area contributed by atoms with E-state index in [9.17, 15) is 0 Å². The summed E-state index contributed by atoms with van der Waals surface area (Å²) in [5.41, 5.74) is 0.100. The van der Waals surface area contributed by atoms with Gasteiger partial charge in [-0.25, -0.2) is 0 Å². The van der Waals surface area contributed by atoms with E-state index >= 15 is 0 Å². The minimum Gasteiger partial charge on any atom is -0.385 e. The van der Waals surface area contributed by atoms with Gasteiger partial charge in [-0.05, 0) is 38.6 Å². The molecule has 0 amide bonds. The molecule has 1 rings (SSSR count). The second-order valence-electron chi connectivity index (χ2n) is 5.07. The van der Waals surface area contributed by atoms with E-state index in [4.69, 9.17) is 9.47 Å². The highest BCUT2D eigenvalue weighted by Crippen LogP contribution is 2.37. The van der Waals surface area contributed by atoms with Gasteiger partial charge < -0.3 is 14.8 Å². The molecule has 1 unspecified atom stereocenters. The molecule has 3 nitrogen and oxygen atoms in total. The Balaban J connectivity index is 2.45. The third-order valence-corrected chi connectivity index (χ3v) is 4.03. The van der Waals surface area contributed by atoms with E-state index in [1.54, 1.807) is 7.11 Å². The van der Waals surface area contributed by atoms with Crippen LogP contribution < -0.4 is 5.32 Å². The quantitative estimate of drug-likeness (QED) is 0.632. The van der Waals surface area contributed by atoms with E-state index in [0.717, 1.165) is 19.6 Å². The number of nitrogens with one attached hydrogen (secondary N) is 1. The summed E-state index contributed by atoms with van der Waals surface area (Å²) < 4.78 is 11.0. The average molecular weight is 243 g/mol. The van der Waals surface area contributed by atoms with Crippen LogP contribution in [-0.2, 0) is 9.47 Å². The van der Waals surface area contributed by atoms with Gasteiger partial charge in [0, 0.05) is 26.9 Å². The van der Waals surface area contributed by atoms with Gasteiger partial charge in [0.05, 0.1) is 5.60 Å². The maximum atomic E-state index is 5.88. The molecule has 102 valence electrons. The number of ether oxygens (including phenoxy) is 2. The van der Waals surface area contributed by atoms with Gasteiger partial charge in [0.25, 0.3) is 0 Å². The molecule has 0 saturated heterocycles. The summed E-state index contributed by atoms with van der Waals surface area (Å²) in [5, 5.41) is 3.63. The SMILES string of the molecule is CCNC(CCCCOC)C1(OC)CCCC1. The normalized spacial score (nSPS) is 20.6. The lowest BCUT2D eigenvalue weighted by Crippen LogP contribution is -2.50. The van der Waals surface area contributed by atoms with E-state index in [-0.39, 0.29) is 5.60 Å². The zero-order valence-electron chi connectivity index (χ0n) is 11.8. The van der Waals surface area contributed by atoms with Crippen LogP contribution in [0.15, 0.2) is 0 Å². The molecule has 1 N–H and O–H groups in total. The molecule has 0 aromatic carbocycles. The van der Waals surface area contributed by atoms with Gasteiger partial charge in [-0.3, -0.25) is 0 Å². The van der Waals surface area contributed by atoms with Crippen LogP contribution in [0.3, 0.4) is 0 Å². The summed E-state index contributed by atoms with van der Waals surface area (Å²) in [4.78, 5) is 0. The van der Waals surface area contributed by atoms with Gasteiger partial charge in [-0.2, -0.15) is 0 Å². The molecule has 1 atom stereocenters. The molecule has 0 aliphatic heterocycles. The fourth-order valence-corrected chi connectivity index (χ4v) is 3.06. The largest absolute Gasteiger partial charge is 0.385 e. The molecule has 1 aliphatic carbocycles. The smallest absolute Gasteiger partial charge is 0.0830 e. The first kappa shape index (κ1) is 14.9. The molecule has 0 aromatic rings. The Morgan fingerprint density at radius 3 is 2.41 bits per heavy atom. The second kappa shape index (κ2) is 8.06. The van der Waals surface area contributed by atoms with Gasteiger partial charge >= 0.3 is 0 Å². The molecule has 0 heterocycles. The Hall–Kier alpha value is -0.120. The van der Waals surface area contributed by atoms with Crippen LogP contribution in [0.2, 0.25) is 0 Å². The van der Waals surface area contributed by atoms with Crippen LogP contribution in [0, 0.1) is 0 Å². The van der Waals surface area contributed by atoms with Crippen molar-refractivity contribution in [2.45, 2.75) is 63.5 Å². The van der Waals surface area contributed by atoms with Gasteiger partial charge in [0.2, 0.25) is 0 Å². The van der Waals surface area contributed by atoms with Crippen molar-refractivity contribution in [3.8, 4) is 0 Å². The number of rotatable bonds is 9. The highest BCUT2D eigenvalue weighted by atomic mass is 16.5. The van der Waals surface area contributed by atoms with E-state index in [0.29, 0.717) is 6.04 Å². The minimum absolute atomic E-state index is 0.100. The Morgan fingerprint density at radius 2 is 1.88 bits per heavy atom. The fraction of sp³-hybridized carbons (Fsp3) is 1.00. The van der Waals surface area contributed by atoms with E-state index in [1.165, 1.54) is 38.5 Å². The maximum Gasteiger partial charge on any atom is 0.0830 e. The topological polar surface area (TPSA) is 30.5 Å². The van der Waals surface area contributed by atoms with Gasteiger partial charge in [-0.15, -0.1) is 0 Å². The Morgan fingerprint density at radius 1 is 1.18 bits per heavy atom. The summed E-state index contributed by atoms with van der Waals surface area (Å²) in [6, 6.07) is 0.511. The lowest BCUT2D eigenvalue weighted by atomic mass is 9.88. The predicted molar refractivity (Wildman–Crippen MR) is 71.4 cm³/mol. The van der Waals surface area contributed by atoms with Crippen molar-refractivity contribution < 1.29 is 9.47 Å². The van der Waals surface area contributed by atoms with E-state index in [1.807, 2.05) is 7.11 Å². The highest BCUT2D eigenvalue weighted by Gasteiger charge is 2.40. The summed E-state index contributed by atoms with van der Waals surface area (Å²) >= 11 is 0. The number of methoxy groups -OCH3 is 2. The Labute approximate surface area is 106 Å². The van der Waals surface area contributed by atoms with Crippen molar-refractivity contribution in [2.24, 2.45) is 0 Å². The first-order valence-electron chi connectivity index (χ1n) is 7.06. The van der Waals surface area contributed by atoms with Crippen LogP contribution in [0.5, 0.6) is 0 Å². The zero-order valence-corrected chi connectivity index (χ0v) is 11.8. The molecule has 1 saturated carbocycles.